The maximum atomic E-state index is 12.0. The fourth-order valence-corrected chi connectivity index (χ4v) is 2.23. The number of carbonyl (C=O) groups excluding carboxylic acids is 1. The van der Waals surface area contributed by atoms with Crippen LogP contribution in [0.1, 0.15) is 23.2 Å². The van der Waals surface area contributed by atoms with Crippen LogP contribution in [0.25, 0.3) is 0 Å². The van der Waals surface area contributed by atoms with Crippen LogP contribution in [0.3, 0.4) is 0 Å². The molecule has 102 valence electrons. The van der Waals surface area contributed by atoms with Gasteiger partial charge in [-0.25, -0.2) is 4.79 Å². The normalized spacial score (nSPS) is 18.9. The highest BCUT2D eigenvalue weighted by Gasteiger charge is 2.21. The number of aromatic carboxylic acids is 1. The van der Waals surface area contributed by atoms with Crippen LogP contribution < -0.4 is 10.6 Å². The standard InChI is InChI=1S/C13H15ClN2O3/c14-10-4-3-8(13(18)19)6-11(10)16-12(17)9-2-1-5-15-7-9/h3-4,6,9,15H,1-2,5,7H2,(H,16,17)(H,18,19). The fourth-order valence-electron chi connectivity index (χ4n) is 2.06. The first-order chi connectivity index (χ1) is 9.08. The molecule has 2 rings (SSSR count). The Bertz CT molecular complexity index is 499. The summed E-state index contributed by atoms with van der Waals surface area (Å²) in [6.45, 7) is 1.57. The molecule has 1 fully saturated rings. The van der Waals surface area contributed by atoms with Crippen molar-refractivity contribution in [3.8, 4) is 0 Å². The molecule has 0 bridgehead atoms. The number of amides is 1. The van der Waals surface area contributed by atoms with Gasteiger partial charge in [0.1, 0.15) is 0 Å². The van der Waals surface area contributed by atoms with Gasteiger partial charge >= 0.3 is 5.97 Å². The van der Waals surface area contributed by atoms with Gasteiger partial charge in [0.2, 0.25) is 5.91 Å². The number of nitrogens with one attached hydrogen (secondary N) is 2. The van der Waals surface area contributed by atoms with E-state index < -0.39 is 5.97 Å². The van der Waals surface area contributed by atoms with E-state index in [0.717, 1.165) is 19.4 Å². The quantitative estimate of drug-likeness (QED) is 0.792. The van der Waals surface area contributed by atoms with Crippen molar-refractivity contribution in [1.82, 2.24) is 5.32 Å². The number of hydrogen-bond acceptors (Lipinski definition) is 3. The van der Waals surface area contributed by atoms with E-state index in [1.165, 1.54) is 18.2 Å². The zero-order chi connectivity index (χ0) is 13.8. The number of anilines is 1. The summed E-state index contributed by atoms with van der Waals surface area (Å²) in [5.41, 5.74) is 0.443. The zero-order valence-corrected chi connectivity index (χ0v) is 11.0. The minimum Gasteiger partial charge on any atom is -0.478 e. The van der Waals surface area contributed by atoms with Gasteiger partial charge in [0.15, 0.2) is 0 Å². The van der Waals surface area contributed by atoms with E-state index >= 15 is 0 Å². The van der Waals surface area contributed by atoms with E-state index in [0.29, 0.717) is 17.3 Å². The molecule has 0 aromatic heterocycles. The molecule has 1 aliphatic rings. The molecule has 0 radical (unpaired) electrons. The molecular weight excluding hydrogens is 268 g/mol. The monoisotopic (exact) mass is 282 g/mol. The van der Waals surface area contributed by atoms with E-state index in [4.69, 9.17) is 16.7 Å². The average molecular weight is 283 g/mol. The number of hydrogen-bond donors (Lipinski definition) is 3. The molecule has 1 amide bonds. The van der Waals surface area contributed by atoms with E-state index in [1.54, 1.807) is 0 Å². The molecule has 1 aromatic rings. The van der Waals surface area contributed by atoms with Crippen molar-refractivity contribution < 1.29 is 14.7 Å². The molecule has 1 atom stereocenters. The van der Waals surface area contributed by atoms with E-state index in [9.17, 15) is 9.59 Å². The number of rotatable bonds is 3. The van der Waals surface area contributed by atoms with Crippen LogP contribution in [0.15, 0.2) is 18.2 Å². The molecule has 1 heterocycles. The van der Waals surface area contributed by atoms with Crippen LogP contribution in [0, 0.1) is 5.92 Å². The third-order valence-corrected chi connectivity index (χ3v) is 3.47. The van der Waals surface area contributed by atoms with Gasteiger partial charge in [0.05, 0.1) is 22.2 Å². The summed E-state index contributed by atoms with van der Waals surface area (Å²) < 4.78 is 0. The summed E-state index contributed by atoms with van der Waals surface area (Å²) in [5.74, 6) is -1.28. The van der Waals surface area contributed by atoms with Crippen LogP contribution >= 0.6 is 11.6 Å². The Morgan fingerprint density at radius 3 is 2.84 bits per heavy atom. The lowest BCUT2D eigenvalue weighted by Crippen LogP contribution is -2.37. The van der Waals surface area contributed by atoms with Crippen molar-refractivity contribution in [3.05, 3.63) is 28.8 Å². The van der Waals surface area contributed by atoms with E-state index in [2.05, 4.69) is 10.6 Å². The lowest BCUT2D eigenvalue weighted by molar-refractivity contribution is -0.120. The lowest BCUT2D eigenvalue weighted by Gasteiger charge is -2.22. The van der Waals surface area contributed by atoms with Crippen LogP contribution in [0.4, 0.5) is 5.69 Å². The second-order valence-electron chi connectivity index (χ2n) is 4.53. The van der Waals surface area contributed by atoms with Gasteiger partial charge in [-0.15, -0.1) is 0 Å². The van der Waals surface area contributed by atoms with Gasteiger partial charge in [0, 0.05) is 6.54 Å². The largest absolute Gasteiger partial charge is 0.478 e. The summed E-state index contributed by atoms with van der Waals surface area (Å²) in [4.78, 5) is 22.9. The van der Waals surface area contributed by atoms with Crippen LogP contribution in [-0.2, 0) is 4.79 Å². The second kappa shape index (κ2) is 6.04. The highest BCUT2D eigenvalue weighted by Crippen LogP contribution is 2.24. The molecule has 1 aromatic carbocycles. The zero-order valence-electron chi connectivity index (χ0n) is 10.3. The first kappa shape index (κ1) is 13.8. The Morgan fingerprint density at radius 1 is 1.42 bits per heavy atom. The molecule has 19 heavy (non-hydrogen) atoms. The first-order valence-electron chi connectivity index (χ1n) is 6.12. The maximum Gasteiger partial charge on any atom is 0.335 e. The van der Waals surface area contributed by atoms with Gasteiger partial charge in [0.25, 0.3) is 0 Å². The van der Waals surface area contributed by atoms with E-state index in [-0.39, 0.29) is 17.4 Å². The SMILES string of the molecule is O=C(O)c1ccc(Cl)c(NC(=O)C2CCCNC2)c1. The third kappa shape index (κ3) is 3.45. The Labute approximate surface area is 116 Å². The predicted octanol–water partition coefficient (Wildman–Crippen LogP) is 1.98. The molecule has 1 saturated heterocycles. The lowest BCUT2D eigenvalue weighted by atomic mass is 9.99. The highest BCUT2D eigenvalue weighted by atomic mass is 35.5. The Kier molecular flexibility index (Phi) is 4.39. The topological polar surface area (TPSA) is 78.4 Å². The molecule has 0 saturated carbocycles. The maximum absolute atomic E-state index is 12.0. The van der Waals surface area contributed by atoms with Crippen molar-refractivity contribution in [2.75, 3.05) is 18.4 Å². The Balaban J connectivity index is 2.11. The first-order valence-corrected chi connectivity index (χ1v) is 6.50. The molecule has 6 heteroatoms. The second-order valence-corrected chi connectivity index (χ2v) is 4.94. The minimum absolute atomic E-state index is 0.0986. The minimum atomic E-state index is -1.05. The van der Waals surface area contributed by atoms with E-state index in [1.807, 2.05) is 0 Å². The molecule has 1 aliphatic heterocycles. The molecule has 0 aliphatic carbocycles. The third-order valence-electron chi connectivity index (χ3n) is 3.14. The summed E-state index contributed by atoms with van der Waals surface area (Å²) in [6, 6.07) is 4.25. The molecular formula is C13H15ClN2O3. The average Bonchev–Trinajstić information content (AvgIpc) is 2.42. The summed E-state index contributed by atoms with van der Waals surface area (Å²) >= 11 is 5.96. The van der Waals surface area contributed by atoms with Gasteiger partial charge in [-0.2, -0.15) is 0 Å². The van der Waals surface area contributed by atoms with Crippen molar-refractivity contribution in [1.29, 1.82) is 0 Å². The van der Waals surface area contributed by atoms with Crippen LogP contribution in [0.2, 0.25) is 5.02 Å². The van der Waals surface area contributed by atoms with Gasteiger partial charge in [-0.3, -0.25) is 4.79 Å². The number of benzene rings is 1. The Morgan fingerprint density at radius 2 is 2.21 bits per heavy atom. The number of carbonyl (C=O) groups is 2. The number of piperidine rings is 1. The van der Waals surface area contributed by atoms with Crippen molar-refractivity contribution >= 4 is 29.2 Å². The highest BCUT2D eigenvalue weighted by molar-refractivity contribution is 6.33. The molecule has 5 nitrogen and oxygen atoms in total. The number of carboxylic acid groups (broad SMARTS) is 1. The molecule has 0 spiro atoms. The smallest absolute Gasteiger partial charge is 0.335 e. The summed E-state index contributed by atoms with van der Waals surface area (Å²) in [6.07, 6.45) is 1.79. The molecule has 1 unspecified atom stereocenters. The Hall–Kier alpha value is -1.59. The summed E-state index contributed by atoms with van der Waals surface area (Å²) in [7, 11) is 0. The van der Waals surface area contributed by atoms with Gasteiger partial charge in [-0.1, -0.05) is 11.6 Å². The number of carboxylic acids is 1. The summed E-state index contributed by atoms with van der Waals surface area (Å²) in [5, 5.41) is 15.1. The molecule has 3 N–H and O–H groups in total. The van der Waals surface area contributed by atoms with Crippen LogP contribution in [-0.4, -0.2) is 30.1 Å². The predicted molar refractivity (Wildman–Crippen MR) is 72.6 cm³/mol. The van der Waals surface area contributed by atoms with Crippen molar-refractivity contribution in [2.45, 2.75) is 12.8 Å². The van der Waals surface area contributed by atoms with Crippen LogP contribution in [0.5, 0.6) is 0 Å². The number of halogens is 1. The van der Waals surface area contributed by atoms with Gasteiger partial charge in [-0.05, 0) is 37.6 Å². The van der Waals surface area contributed by atoms with Crippen molar-refractivity contribution in [3.63, 3.8) is 0 Å². The fraction of sp³-hybridized carbons (Fsp3) is 0.385. The van der Waals surface area contributed by atoms with Crippen molar-refractivity contribution in [2.24, 2.45) is 5.92 Å². The van der Waals surface area contributed by atoms with Gasteiger partial charge < -0.3 is 15.7 Å².